The summed E-state index contributed by atoms with van der Waals surface area (Å²) in [6.07, 6.45) is 8.94. The maximum Gasteiger partial charge on any atom is 0.222 e. The summed E-state index contributed by atoms with van der Waals surface area (Å²) in [5.74, 6) is 0.323. The van der Waals surface area contributed by atoms with Crippen LogP contribution >= 0.6 is 0 Å². The van der Waals surface area contributed by atoms with Gasteiger partial charge >= 0.3 is 0 Å². The Balaban J connectivity index is 1.72. The second kappa shape index (κ2) is 7.47. The highest BCUT2D eigenvalue weighted by molar-refractivity contribution is 5.76. The van der Waals surface area contributed by atoms with Gasteiger partial charge in [-0.15, -0.1) is 0 Å². The van der Waals surface area contributed by atoms with Crippen molar-refractivity contribution in [1.29, 1.82) is 0 Å². The van der Waals surface area contributed by atoms with Crippen LogP contribution in [0.5, 0.6) is 0 Å². The molecular formula is C18H27NO. The molecule has 0 atom stereocenters. The fraction of sp³-hybridized carbons (Fsp3) is 0.611. The van der Waals surface area contributed by atoms with Crippen LogP contribution in [0, 0.1) is 6.92 Å². The third kappa shape index (κ3) is 4.36. The Hall–Kier alpha value is -1.31. The molecule has 0 N–H and O–H groups in total. The molecule has 0 radical (unpaired) electrons. The van der Waals surface area contributed by atoms with Crippen molar-refractivity contribution in [2.45, 2.75) is 64.3 Å². The van der Waals surface area contributed by atoms with Gasteiger partial charge in [-0.2, -0.15) is 0 Å². The molecule has 0 heterocycles. The van der Waals surface area contributed by atoms with Crippen molar-refractivity contribution in [3.63, 3.8) is 0 Å². The van der Waals surface area contributed by atoms with E-state index < -0.39 is 0 Å². The third-order valence-electron chi connectivity index (χ3n) is 4.49. The van der Waals surface area contributed by atoms with Gasteiger partial charge in [-0.3, -0.25) is 4.79 Å². The van der Waals surface area contributed by atoms with Crippen LogP contribution in [0.15, 0.2) is 24.3 Å². The Morgan fingerprint density at radius 2 is 1.80 bits per heavy atom. The maximum absolute atomic E-state index is 12.2. The van der Waals surface area contributed by atoms with E-state index in [9.17, 15) is 4.79 Å². The van der Waals surface area contributed by atoms with Gasteiger partial charge in [0.2, 0.25) is 5.91 Å². The average Bonchev–Trinajstić information content (AvgIpc) is 2.49. The van der Waals surface area contributed by atoms with Crippen LogP contribution in [0.3, 0.4) is 0 Å². The first-order valence-electron chi connectivity index (χ1n) is 7.98. The monoisotopic (exact) mass is 273 g/mol. The Kier molecular flexibility index (Phi) is 5.63. The SMILES string of the molecule is Cc1ccc(CCCC(=O)N(C)C2CCCCC2)cc1. The van der Waals surface area contributed by atoms with E-state index in [2.05, 4.69) is 31.2 Å². The van der Waals surface area contributed by atoms with Gasteiger partial charge in [0.1, 0.15) is 0 Å². The predicted octanol–water partition coefficient (Wildman–Crippen LogP) is 4.11. The zero-order valence-electron chi connectivity index (χ0n) is 12.9. The molecule has 0 unspecified atom stereocenters. The van der Waals surface area contributed by atoms with Gasteiger partial charge in [-0.05, 0) is 38.2 Å². The quantitative estimate of drug-likeness (QED) is 0.790. The smallest absolute Gasteiger partial charge is 0.222 e. The minimum atomic E-state index is 0.323. The van der Waals surface area contributed by atoms with E-state index in [1.165, 1.54) is 43.2 Å². The second-order valence-electron chi connectivity index (χ2n) is 6.14. The lowest BCUT2D eigenvalue weighted by atomic mass is 9.94. The largest absolute Gasteiger partial charge is 0.343 e. The molecule has 0 spiro atoms. The number of aryl methyl sites for hydroxylation is 2. The lowest BCUT2D eigenvalue weighted by Gasteiger charge is -2.31. The molecule has 1 amide bonds. The molecule has 1 aromatic rings. The molecule has 1 saturated carbocycles. The van der Waals surface area contributed by atoms with Crippen LogP contribution in [0.25, 0.3) is 0 Å². The molecule has 1 fully saturated rings. The van der Waals surface area contributed by atoms with Gasteiger partial charge in [-0.1, -0.05) is 49.1 Å². The van der Waals surface area contributed by atoms with Crippen molar-refractivity contribution in [2.75, 3.05) is 7.05 Å². The lowest BCUT2D eigenvalue weighted by molar-refractivity contribution is -0.132. The van der Waals surface area contributed by atoms with Gasteiger partial charge in [0.15, 0.2) is 0 Å². The predicted molar refractivity (Wildman–Crippen MR) is 83.8 cm³/mol. The molecule has 110 valence electrons. The molecule has 2 rings (SSSR count). The van der Waals surface area contributed by atoms with Gasteiger partial charge < -0.3 is 4.90 Å². The summed E-state index contributed by atoms with van der Waals surface area (Å²) < 4.78 is 0. The molecule has 1 aliphatic rings. The van der Waals surface area contributed by atoms with Crippen LogP contribution < -0.4 is 0 Å². The number of hydrogen-bond donors (Lipinski definition) is 0. The van der Waals surface area contributed by atoms with E-state index in [1.54, 1.807) is 0 Å². The van der Waals surface area contributed by atoms with Gasteiger partial charge in [0, 0.05) is 19.5 Å². The number of carbonyl (C=O) groups is 1. The maximum atomic E-state index is 12.2. The van der Waals surface area contributed by atoms with Gasteiger partial charge in [0.25, 0.3) is 0 Å². The number of benzene rings is 1. The zero-order valence-corrected chi connectivity index (χ0v) is 12.9. The molecule has 2 nitrogen and oxygen atoms in total. The van der Waals surface area contributed by atoms with E-state index in [4.69, 9.17) is 0 Å². The standard InChI is InChI=1S/C18H27NO/c1-15-11-13-16(14-12-15)7-6-10-18(20)19(2)17-8-4-3-5-9-17/h11-14,17H,3-10H2,1-2H3. The van der Waals surface area contributed by atoms with Crippen LogP contribution in [0.4, 0.5) is 0 Å². The summed E-state index contributed by atoms with van der Waals surface area (Å²) in [5, 5.41) is 0. The summed E-state index contributed by atoms with van der Waals surface area (Å²) in [7, 11) is 1.99. The third-order valence-corrected chi connectivity index (χ3v) is 4.49. The highest BCUT2D eigenvalue weighted by atomic mass is 16.2. The second-order valence-corrected chi connectivity index (χ2v) is 6.14. The van der Waals surface area contributed by atoms with E-state index in [-0.39, 0.29) is 0 Å². The topological polar surface area (TPSA) is 20.3 Å². The van der Waals surface area contributed by atoms with E-state index in [0.29, 0.717) is 18.4 Å². The number of rotatable bonds is 5. The lowest BCUT2D eigenvalue weighted by Crippen LogP contribution is -2.38. The average molecular weight is 273 g/mol. The fourth-order valence-electron chi connectivity index (χ4n) is 3.05. The van der Waals surface area contributed by atoms with Crippen LogP contribution in [0.1, 0.15) is 56.1 Å². The minimum Gasteiger partial charge on any atom is -0.343 e. The summed E-state index contributed by atoms with van der Waals surface area (Å²) in [6.45, 7) is 2.10. The summed E-state index contributed by atoms with van der Waals surface area (Å²) in [5.41, 5.74) is 2.63. The van der Waals surface area contributed by atoms with Crippen molar-refractivity contribution in [3.8, 4) is 0 Å². The van der Waals surface area contributed by atoms with E-state index in [1.807, 2.05) is 11.9 Å². The fourth-order valence-corrected chi connectivity index (χ4v) is 3.05. The van der Waals surface area contributed by atoms with Crippen molar-refractivity contribution >= 4 is 5.91 Å². The summed E-state index contributed by atoms with van der Waals surface area (Å²) in [6, 6.07) is 9.13. The molecule has 0 aromatic heterocycles. The number of hydrogen-bond acceptors (Lipinski definition) is 1. The number of amides is 1. The minimum absolute atomic E-state index is 0.323. The molecular weight excluding hydrogens is 246 g/mol. The Morgan fingerprint density at radius 1 is 1.15 bits per heavy atom. The van der Waals surface area contributed by atoms with Gasteiger partial charge in [-0.25, -0.2) is 0 Å². The highest BCUT2D eigenvalue weighted by Crippen LogP contribution is 2.22. The first-order valence-corrected chi connectivity index (χ1v) is 7.98. The zero-order chi connectivity index (χ0) is 14.4. The van der Waals surface area contributed by atoms with Crippen molar-refractivity contribution in [1.82, 2.24) is 4.90 Å². The van der Waals surface area contributed by atoms with Crippen molar-refractivity contribution in [2.24, 2.45) is 0 Å². The number of carbonyl (C=O) groups excluding carboxylic acids is 1. The van der Waals surface area contributed by atoms with Crippen LogP contribution in [0.2, 0.25) is 0 Å². The molecule has 1 aliphatic carbocycles. The normalized spacial score (nSPS) is 16.1. The first kappa shape index (κ1) is 15.1. The van der Waals surface area contributed by atoms with Crippen molar-refractivity contribution in [3.05, 3.63) is 35.4 Å². The molecule has 0 aliphatic heterocycles. The molecule has 0 bridgehead atoms. The molecule has 2 heteroatoms. The molecule has 0 saturated heterocycles. The van der Waals surface area contributed by atoms with Gasteiger partial charge in [0.05, 0.1) is 0 Å². The van der Waals surface area contributed by atoms with Crippen molar-refractivity contribution < 1.29 is 4.79 Å². The van der Waals surface area contributed by atoms with Crippen LogP contribution in [-0.4, -0.2) is 23.9 Å². The Bertz CT molecular complexity index is 418. The summed E-state index contributed by atoms with van der Waals surface area (Å²) >= 11 is 0. The Morgan fingerprint density at radius 3 is 2.45 bits per heavy atom. The highest BCUT2D eigenvalue weighted by Gasteiger charge is 2.21. The molecule has 20 heavy (non-hydrogen) atoms. The molecule has 1 aromatic carbocycles. The Labute approximate surface area is 123 Å². The first-order chi connectivity index (χ1) is 9.66. The van der Waals surface area contributed by atoms with E-state index >= 15 is 0 Å². The summed E-state index contributed by atoms with van der Waals surface area (Å²) in [4.78, 5) is 14.2. The van der Waals surface area contributed by atoms with Crippen LogP contribution in [-0.2, 0) is 11.2 Å². The number of nitrogens with zero attached hydrogens (tertiary/aromatic N) is 1. The van der Waals surface area contributed by atoms with E-state index in [0.717, 1.165) is 12.8 Å².